The Labute approximate surface area is 74.5 Å². The predicted octanol–water partition coefficient (Wildman–Crippen LogP) is 2.51. The molecule has 0 saturated heterocycles. The molecule has 0 aromatic heterocycles. The summed E-state index contributed by atoms with van der Waals surface area (Å²) in [4.78, 5) is 0. The lowest BCUT2D eigenvalue weighted by molar-refractivity contribution is 0.240. The van der Waals surface area contributed by atoms with E-state index < -0.39 is 0 Å². The van der Waals surface area contributed by atoms with E-state index in [0.29, 0.717) is 6.61 Å². The number of allylic oxidation sites excluding steroid dienone is 2. The zero-order chi connectivity index (χ0) is 8.39. The summed E-state index contributed by atoms with van der Waals surface area (Å²) in [5, 5.41) is 8.95. The van der Waals surface area contributed by atoms with Crippen LogP contribution in [0.2, 0.25) is 0 Å². The number of aliphatic hydroxyl groups is 1. The highest BCUT2D eigenvalue weighted by Crippen LogP contribution is 2.42. The molecule has 12 heavy (non-hydrogen) atoms. The van der Waals surface area contributed by atoms with Crippen LogP contribution in [-0.2, 0) is 0 Å². The van der Waals surface area contributed by atoms with Crippen LogP contribution in [0.25, 0.3) is 0 Å². The van der Waals surface area contributed by atoms with Crippen molar-refractivity contribution in [2.75, 3.05) is 6.61 Å². The van der Waals surface area contributed by atoms with E-state index in [4.69, 9.17) is 5.11 Å². The van der Waals surface area contributed by atoms with Gasteiger partial charge < -0.3 is 5.11 Å². The van der Waals surface area contributed by atoms with Gasteiger partial charge in [0.15, 0.2) is 0 Å². The summed E-state index contributed by atoms with van der Waals surface area (Å²) in [5.41, 5.74) is 1.64. The van der Waals surface area contributed by atoms with Gasteiger partial charge in [-0.15, -0.1) is 0 Å². The molecule has 0 heterocycles. The summed E-state index contributed by atoms with van der Waals surface area (Å²) in [6, 6.07) is 0. The standard InChI is InChI=1S/C11H18O/c12-8-7-11(10-5-6-10)9-3-1-2-4-9/h5,9,11-12H,1-4,6-8H2. The molecule has 1 saturated carbocycles. The number of aliphatic hydroxyl groups excluding tert-OH is 1. The van der Waals surface area contributed by atoms with Gasteiger partial charge in [-0.1, -0.05) is 24.5 Å². The van der Waals surface area contributed by atoms with Crippen molar-refractivity contribution in [1.82, 2.24) is 0 Å². The van der Waals surface area contributed by atoms with Gasteiger partial charge in [0.1, 0.15) is 0 Å². The maximum atomic E-state index is 8.95. The van der Waals surface area contributed by atoms with Gasteiger partial charge in [0.05, 0.1) is 0 Å². The van der Waals surface area contributed by atoms with E-state index in [1.54, 1.807) is 5.57 Å². The molecular weight excluding hydrogens is 148 g/mol. The molecule has 2 aliphatic carbocycles. The van der Waals surface area contributed by atoms with E-state index in [9.17, 15) is 0 Å². The van der Waals surface area contributed by atoms with Crippen LogP contribution in [0.15, 0.2) is 11.6 Å². The summed E-state index contributed by atoms with van der Waals surface area (Å²) in [6.07, 6.45) is 10.2. The van der Waals surface area contributed by atoms with Crippen LogP contribution in [0.3, 0.4) is 0 Å². The third-order valence-corrected chi connectivity index (χ3v) is 3.33. The van der Waals surface area contributed by atoms with E-state index >= 15 is 0 Å². The first-order chi connectivity index (χ1) is 5.92. The van der Waals surface area contributed by atoms with Crippen molar-refractivity contribution < 1.29 is 5.11 Å². The molecule has 0 spiro atoms. The first-order valence-corrected chi connectivity index (χ1v) is 5.21. The quantitative estimate of drug-likeness (QED) is 0.636. The van der Waals surface area contributed by atoms with Crippen LogP contribution in [0.4, 0.5) is 0 Å². The van der Waals surface area contributed by atoms with Gasteiger partial charge >= 0.3 is 0 Å². The minimum Gasteiger partial charge on any atom is -0.396 e. The minimum atomic E-state index is 0.374. The molecule has 2 rings (SSSR count). The zero-order valence-electron chi connectivity index (χ0n) is 7.63. The van der Waals surface area contributed by atoms with Crippen LogP contribution >= 0.6 is 0 Å². The summed E-state index contributed by atoms with van der Waals surface area (Å²) in [6.45, 7) is 0.374. The van der Waals surface area contributed by atoms with Gasteiger partial charge in [-0.2, -0.15) is 0 Å². The topological polar surface area (TPSA) is 20.2 Å². The van der Waals surface area contributed by atoms with Gasteiger partial charge in [0.2, 0.25) is 0 Å². The molecule has 0 amide bonds. The van der Waals surface area contributed by atoms with Gasteiger partial charge in [0, 0.05) is 6.61 Å². The lowest BCUT2D eigenvalue weighted by Crippen LogP contribution is -2.12. The van der Waals surface area contributed by atoms with Crippen molar-refractivity contribution in [1.29, 1.82) is 0 Å². The van der Waals surface area contributed by atoms with E-state index in [1.807, 2.05) is 0 Å². The van der Waals surface area contributed by atoms with Gasteiger partial charge in [0.25, 0.3) is 0 Å². The monoisotopic (exact) mass is 166 g/mol. The van der Waals surface area contributed by atoms with Gasteiger partial charge in [-0.3, -0.25) is 0 Å². The third-order valence-electron chi connectivity index (χ3n) is 3.33. The van der Waals surface area contributed by atoms with Crippen molar-refractivity contribution >= 4 is 0 Å². The Bertz CT molecular complexity index is 177. The fourth-order valence-electron chi connectivity index (χ4n) is 2.58. The Morgan fingerprint density at radius 1 is 1.42 bits per heavy atom. The first kappa shape index (κ1) is 8.31. The van der Waals surface area contributed by atoms with Crippen molar-refractivity contribution in [3.8, 4) is 0 Å². The molecule has 2 aliphatic rings. The van der Waals surface area contributed by atoms with Crippen molar-refractivity contribution in [2.45, 2.75) is 38.5 Å². The molecule has 1 N–H and O–H groups in total. The van der Waals surface area contributed by atoms with Crippen LogP contribution in [0.1, 0.15) is 38.5 Å². The largest absolute Gasteiger partial charge is 0.396 e. The van der Waals surface area contributed by atoms with Crippen LogP contribution in [0.5, 0.6) is 0 Å². The molecule has 0 aromatic rings. The molecule has 0 bridgehead atoms. The molecule has 1 heteroatoms. The van der Waals surface area contributed by atoms with E-state index in [1.165, 1.54) is 32.1 Å². The van der Waals surface area contributed by atoms with E-state index in [-0.39, 0.29) is 0 Å². The van der Waals surface area contributed by atoms with Crippen molar-refractivity contribution in [2.24, 2.45) is 11.8 Å². The second-order valence-electron chi connectivity index (χ2n) is 4.15. The number of rotatable bonds is 4. The maximum absolute atomic E-state index is 8.95. The van der Waals surface area contributed by atoms with Gasteiger partial charge in [-0.05, 0) is 37.5 Å². The highest BCUT2D eigenvalue weighted by atomic mass is 16.3. The maximum Gasteiger partial charge on any atom is 0.0436 e. The highest BCUT2D eigenvalue weighted by Gasteiger charge is 2.29. The summed E-state index contributed by atoms with van der Waals surface area (Å²) < 4.78 is 0. The molecule has 1 fully saturated rings. The van der Waals surface area contributed by atoms with Crippen LogP contribution in [-0.4, -0.2) is 11.7 Å². The van der Waals surface area contributed by atoms with E-state index in [2.05, 4.69) is 6.08 Å². The lowest BCUT2D eigenvalue weighted by atomic mass is 9.86. The molecular formula is C11H18O. The molecule has 1 unspecified atom stereocenters. The molecule has 1 nitrogen and oxygen atoms in total. The predicted molar refractivity (Wildman–Crippen MR) is 49.9 cm³/mol. The van der Waals surface area contributed by atoms with Crippen LogP contribution in [0, 0.1) is 11.8 Å². The Balaban J connectivity index is 1.90. The Kier molecular flexibility index (Phi) is 2.50. The smallest absolute Gasteiger partial charge is 0.0436 e. The summed E-state index contributed by atoms with van der Waals surface area (Å²) >= 11 is 0. The average Bonchev–Trinajstić information content (AvgIpc) is 2.77. The lowest BCUT2D eigenvalue weighted by Gasteiger charge is -2.20. The first-order valence-electron chi connectivity index (χ1n) is 5.21. The molecule has 0 radical (unpaired) electrons. The fourth-order valence-corrected chi connectivity index (χ4v) is 2.58. The Hall–Kier alpha value is -0.300. The van der Waals surface area contributed by atoms with E-state index in [0.717, 1.165) is 18.3 Å². The molecule has 0 aliphatic heterocycles. The zero-order valence-corrected chi connectivity index (χ0v) is 7.63. The molecule has 68 valence electrons. The Morgan fingerprint density at radius 3 is 2.58 bits per heavy atom. The number of hydrogen-bond acceptors (Lipinski definition) is 1. The molecule has 0 aromatic carbocycles. The van der Waals surface area contributed by atoms with Crippen molar-refractivity contribution in [3.63, 3.8) is 0 Å². The normalized spacial score (nSPS) is 25.6. The average molecular weight is 166 g/mol. The van der Waals surface area contributed by atoms with Crippen molar-refractivity contribution in [3.05, 3.63) is 11.6 Å². The SMILES string of the molecule is OCCC(C1=CC1)C1CCCC1. The highest BCUT2D eigenvalue weighted by molar-refractivity contribution is 5.25. The summed E-state index contributed by atoms with van der Waals surface area (Å²) in [5.74, 6) is 1.66. The molecule has 1 atom stereocenters. The second-order valence-corrected chi connectivity index (χ2v) is 4.15. The fraction of sp³-hybridized carbons (Fsp3) is 0.818. The third kappa shape index (κ3) is 1.71. The number of hydrogen-bond donors (Lipinski definition) is 1. The van der Waals surface area contributed by atoms with Crippen LogP contribution < -0.4 is 0 Å². The minimum absolute atomic E-state index is 0.374. The summed E-state index contributed by atoms with van der Waals surface area (Å²) in [7, 11) is 0. The Morgan fingerprint density at radius 2 is 2.08 bits per heavy atom. The van der Waals surface area contributed by atoms with Gasteiger partial charge in [-0.25, -0.2) is 0 Å². The second kappa shape index (κ2) is 3.61.